The minimum atomic E-state index is 0.289. The Labute approximate surface area is 130 Å². The largest absolute Gasteiger partial charge is 0.300 e. The van der Waals surface area contributed by atoms with Crippen LogP contribution in [-0.2, 0) is 36.9 Å². The summed E-state index contributed by atoms with van der Waals surface area (Å²) in [5, 5.41) is 0. The highest BCUT2D eigenvalue weighted by molar-refractivity contribution is 5.75. The van der Waals surface area contributed by atoms with Gasteiger partial charge in [0.2, 0.25) is 0 Å². The van der Waals surface area contributed by atoms with Crippen LogP contribution in [0.1, 0.15) is 80.7 Å². The predicted octanol–water partition coefficient (Wildman–Crippen LogP) is 4.99. The third kappa shape index (κ3) is 3.96. The number of carbonyl (C=O) groups is 1. The lowest BCUT2D eigenvalue weighted by atomic mass is 9.91. The number of ketones is 1. The molecule has 0 aliphatic heterocycles. The molecule has 3 rings (SSSR count). The number of fused-ring (bicyclic) bond motifs is 2. The zero-order valence-corrected chi connectivity index (χ0v) is 14.1. The Bertz CT molecular complexity index is 467. The van der Waals surface area contributed by atoms with Crippen LogP contribution in [0.5, 0.6) is 0 Å². The second-order valence-corrected chi connectivity index (χ2v) is 6.54. The van der Waals surface area contributed by atoms with E-state index in [4.69, 9.17) is 0 Å². The van der Waals surface area contributed by atoms with E-state index in [9.17, 15) is 4.79 Å². The van der Waals surface area contributed by atoms with Gasteiger partial charge in [0.15, 0.2) is 0 Å². The summed E-state index contributed by atoms with van der Waals surface area (Å²) in [5.74, 6) is 0.289. The number of hydrogen-bond donors (Lipinski definition) is 0. The molecule has 0 amide bonds. The standard InChI is InChI=1S/C15H20.C5H10O/c1-2-5-15-13-8-3-6-11(13)10-12-7-4-9-14(12)15;1-3-4-5(2)6/h10H,2-9H2,1H3;3-4H2,1-2H3. The van der Waals surface area contributed by atoms with Gasteiger partial charge in [-0.3, -0.25) is 0 Å². The van der Waals surface area contributed by atoms with Gasteiger partial charge in [-0.05, 0) is 86.1 Å². The number of Topliss-reactive ketones (excluding diaryl/α,β-unsaturated/α-hetero) is 1. The fourth-order valence-corrected chi connectivity index (χ4v) is 3.84. The highest BCUT2D eigenvalue weighted by Gasteiger charge is 2.22. The molecule has 0 N–H and O–H groups in total. The Morgan fingerprint density at radius 1 is 0.952 bits per heavy atom. The summed E-state index contributed by atoms with van der Waals surface area (Å²) < 4.78 is 0. The smallest absolute Gasteiger partial charge is 0.129 e. The van der Waals surface area contributed by atoms with E-state index in [0.29, 0.717) is 0 Å². The summed E-state index contributed by atoms with van der Waals surface area (Å²) >= 11 is 0. The second kappa shape index (κ2) is 7.77. The van der Waals surface area contributed by atoms with Crippen LogP contribution in [0.25, 0.3) is 0 Å². The molecule has 0 aromatic heterocycles. The van der Waals surface area contributed by atoms with E-state index in [1.165, 1.54) is 51.4 Å². The molecule has 0 radical (unpaired) electrons. The van der Waals surface area contributed by atoms with Crippen molar-refractivity contribution >= 4 is 5.78 Å². The molecular formula is C20H30O. The summed E-state index contributed by atoms with van der Waals surface area (Å²) in [6.45, 7) is 5.93. The molecule has 21 heavy (non-hydrogen) atoms. The quantitative estimate of drug-likeness (QED) is 0.762. The van der Waals surface area contributed by atoms with Gasteiger partial charge in [0, 0.05) is 6.42 Å². The number of carbonyl (C=O) groups excluding carboxylic acids is 1. The molecule has 0 saturated heterocycles. The Morgan fingerprint density at radius 3 is 1.90 bits per heavy atom. The fourth-order valence-electron chi connectivity index (χ4n) is 3.84. The van der Waals surface area contributed by atoms with Gasteiger partial charge in [-0.2, -0.15) is 0 Å². The fraction of sp³-hybridized carbons (Fsp3) is 0.650. The summed E-state index contributed by atoms with van der Waals surface area (Å²) in [7, 11) is 0. The average Bonchev–Trinajstić information content (AvgIpc) is 3.07. The SMILES string of the molecule is CCCC(C)=O.CCCc1c2c(cc3c1CCC3)CCC2. The molecule has 1 heteroatoms. The molecule has 1 aromatic carbocycles. The number of benzene rings is 1. The van der Waals surface area contributed by atoms with Crippen molar-refractivity contribution in [2.75, 3.05) is 0 Å². The van der Waals surface area contributed by atoms with E-state index in [-0.39, 0.29) is 5.78 Å². The van der Waals surface area contributed by atoms with Crippen LogP contribution < -0.4 is 0 Å². The minimum absolute atomic E-state index is 0.289. The van der Waals surface area contributed by atoms with Crippen LogP contribution in [0.3, 0.4) is 0 Å². The van der Waals surface area contributed by atoms with Crippen LogP contribution in [0, 0.1) is 0 Å². The van der Waals surface area contributed by atoms with E-state index >= 15 is 0 Å². The monoisotopic (exact) mass is 286 g/mol. The first-order chi connectivity index (χ1) is 10.2. The molecular weight excluding hydrogens is 256 g/mol. The maximum absolute atomic E-state index is 10.0. The molecule has 1 aromatic rings. The zero-order valence-electron chi connectivity index (χ0n) is 14.1. The van der Waals surface area contributed by atoms with Crippen molar-refractivity contribution in [2.45, 2.75) is 85.0 Å². The summed E-state index contributed by atoms with van der Waals surface area (Å²) in [6, 6.07) is 2.53. The number of hydrogen-bond acceptors (Lipinski definition) is 1. The topological polar surface area (TPSA) is 17.1 Å². The van der Waals surface area contributed by atoms with Gasteiger partial charge >= 0.3 is 0 Å². The van der Waals surface area contributed by atoms with Crippen molar-refractivity contribution in [3.05, 3.63) is 33.9 Å². The Morgan fingerprint density at radius 2 is 1.52 bits per heavy atom. The average molecular weight is 286 g/mol. The van der Waals surface area contributed by atoms with Gasteiger partial charge in [-0.1, -0.05) is 26.3 Å². The van der Waals surface area contributed by atoms with Crippen molar-refractivity contribution < 1.29 is 4.79 Å². The first-order valence-corrected chi connectivity index (χ1v) is 8.82. The van der Waals surface area contributed by atoms with E-state index in [1.54, 1.807) is 34.7 Å². The van der Waals surface area contributed by atoms with E-state index in [0.717, 1.165) is 12.8 Å². The molecule has 1 nitrogen and oxygen atoms in total. The lowest BCUT2D eigenvalue weighted by Gasteiger charge is -2.14. The molecule has 0 unspecified atom stereocenters. The van der Waals surface area contributed by atoms with E-state index < -0.39 is 0 Å². The zero-order chi connectivity index (χ0) is 15.2. The molecule has 0 saturated carbocycles. The lowest BCUT2D eigenvalue weighted by Crippen LogP contribution is -2.00. The van der Waals surface area contributed by atoms with Crippen molar-refractivity contribution in [2.24, 2.45) is 0 Å². The summed E-state index contributed by atoms with van der Waals surface area (Å²) in [5.41, 5.74) is 8.65. The highest BCUT2D eigenvalue weighted by Crippen LogP contribution is 2.35. The van der Waals surface area contributed by atoms with Crippen LogP contribution >= 0.6 is 0 Å². The van der Waals surface area contributed by atoms with E-state index in [2.05, 4.69) is 13.0 Å². The van der Waals surface area contributed by atoms with E-state index in [1.807, 2.05) is 6.92 Å². The first-order valence-electron chi connectivity index (χ1n) is 8.82. The molecule has 2 aliphatic rings. The van der Waals surface area contributed by atoms with Gasteiger partial charge in [-0.15, -0.1) is 0 Å². The van der Waals surface area contributed by atoms with Crippen LogP contribution in [-0.4, -0.2) is 5.78 Å². The molecule has 0 atom stereocenters. The van der Waals surface area contributed by atoms with Crippen molar-refractivity contribution in [1.29, 1.82) is 0 Å². The molecule has 0 bridgehead atoms. The van der Waals surface area contributed by atoms with Gasteiger partial charge < -0.3 is 4.79 Å². The number of rotatable bonds is 4. The molecule has 0 spiro atoms. The Kier molecular flexibility index (Phi) is 6.02. The highest BCUT2D eigenvalue weighted by atomic mass is 16.1. The molecule has 2 aliphatic carbocycles. The normalized spacial score (nSPS) is 15.2. The second-order valence-electron chi connectivity index (χ2n) is 6.54. The predicted molar refractivity (Wildman–Crippen MR) is 90.1 cm³/mol. The summed E-state index contributed by atoms with van der Waals surface area (Å²) in [6.07, 6.45) is 12.6. The third-order valence-corrected chi connectivity index (χ3v) is 4.70. The van der Waals surface area contributed by atoms with Crippen molar-refractivity contribution in [3.63, 3.8) is 0 Å². The molecule has 0 fully saturated rings. The minimum Gasteiger partial charge on any atom is -0.300 e. The van der Waals surface area contributed by atoms with Crippen LogP contribution in [0.4, 0.5) is 0 Å². The third-order valence-electron chi connectivity index (χ3n) is 4.70. The number of aryl methyl sites for hydroxylation is 2. The van der Waals surface area contributed by atoms with Crippen molar-refractivity contribution in [1.82, 2.24) is 0 Å². The molecule has 0 heterocycles. The van der Waals surface area contributed by atoms with Gasteiger partial charge in [0.1, 0.15) is 5.78 Å². The Balaban J connectivity index is 0.000000232. The van der Waals surface area contributed by atoms with Crippen molar-refractivity contribution in [3.8, 4) is 0 Å². The first kappa shape index (κ1) is 16.3. The molecule has 116 valence electrons. The maximum Gasteiger partial charge on any atom is 0.129 e. The van der Waals surface area contributed by atoms with Gasteiger partial charge in [0.25, 0.3) is 0 Å². The van der Waals surface area contributed by atoms with Gasteiger partial charge in [-0.25, -0.2) is 0 Å². The maximum atomic E-state index is 10.0. The van der Waals surface area contributed by atoms with Gasteiger partial charge in [0.05, 0.1) is 0 Å². The summed E-state index contributed by atoms with van der Waals surface area (Å²) in [4.78, 5) is 10.0. The lowest BCUT2D eigenvalue weighted by molar-refractivity contribution is -0.117. The Hall–Kier alpha value is -1.11. The van der Waals surface area contributed by atoms with Crippen LogP contribution in [0.2, 0.25) is 0 Å². The van der Waals surface area contributed by atoms with Crippen LogP contribution in [0.15, 0.2) is 6.07 Å².